The van der Waals surface area contributed by atoms with E-state index >= 15 is 0 Å². The van der Waals surface area contributed by atoms with Crippen molar-refractivity contribution in [1.29, 1.82) is 0 Å². The Morgan fingerprint density at radius 2 is 1.01 bits per heavy atom. The molecule has 0 spiro atoms. The van der Waals surface area contributed by atoms with Crippen LogP contribution in [0.2, 0.25) is 0 Å². The van der Waals surface area contributed by atoms with Gasteiger partial charge in [-0.15, -0.1) is 0 Å². The van der Waals surface area contributed by atoms with Crippen molar-refractivity contribution in [3.63, 3.8) is 0 Å². The normalized spacial score (nSPS) is 29.9. The number of benzene rings is 1. The molecule has 0 aliphatic carbocycles. The van der Waals surface area contributed by atoms with Gasteiger partial charge < -0.3 is 16.0 Å². The third-order valence-electron chi connectivity index (χ3n) is 15.9. The number of piperidine rings is 2. The highest BCUT2D eigenvalue weighted by molar-refractivity contribution is 5.29. The molecule has 0 saturated carbocycles. The maximum Gasteiger partial charge on any atom is 0.0239 e. The molecule has 0 aromatic heterocycles. The molecular formula is C59H119N9. The van der Waals surface area contributed by atoms with Crippen LogP contribution < -0.4 is 16.0 Å². The fourth-order valence-electron chi connectivity index (χ4n) is 12.4. The van der Waals surface area contributed by atoms with Gasteiger partial charge in [0.05, 0.1) is 0 Å². The van der Waals surface area contributed by atoms with E-state index in [1.165, 1.54) is 83.2 Å². The Kier molecular flexibility index (Phi) is 29.1. The van der Waals surface area contributed by atoms with E-state index in [1.54, 1.807) is 5.56 Å². The first kappa shape index (κ1) is 63.0. The summed E-state index contributed by atoms with van der Waals surface area (Å²) in [6.45, 7) is 61.1. The molecule has 6 aliphatic rings. The molecule has 1 aromatic carbocycles. The van der Waals surface area contributed by atoms with Crippen LogP contribution in [0.5, 0.6) is 0 Å². The molecule has 9 nitrogen and oxygen atoms in total. The van der Waals surface area contributed by atoms with E-state index in [1.807, 2.05) is 0 Å². The molecule has 9 heteroatoms. The van der Waals surface area contributed by atoms with Gasteiger partial charge >= 0.3 is 0 Å². The second-order valence-corrected chi connectivity index (χ2v) is 24.7. The van der Waals surface area contributed by atoms with Crippen LogP contribution in [0.1, 0.15) is 202 Å². The standard InChI is InChI=1S/C12H17N.2C10H21N.3C9H20N2/c1-10(2)13-8-7-11-5-3-4-6-12(11)9-13;1-9(2)11-8-6-5-7-10(11,3)4;1-8(2)11-9(3)6-5-7-10(11)4;1-7(2)11-6-8(3)10-5-9(11)4;1-7(2)11-5-8(3)10-9(4)6-11;1-7(2)11-8(3)5-10-6-9(11)4/h3-6,10H,7-9H2,1-2H3;9H,5-8H2,1-4H3;8-10H,5-7H2,1-4H3;3*7-10H,5-6H2,1-4H3. The molecule has 400 valence electrons. The lowest BCUT2D eigenvalue weighted by Crippen LogP contribution is -2.57. The molecule has 0 radical (unpaired) electrons. The molecule has 6 aliphatic heterocycles. The molecule has 5 saturated heterocycles. The van der Waals surface area contributed by atoms with Gasteiger partial charge in [0.2, 0.25) is 0 Å². The van der Waals surface area contributed by atoms with Crippen LogP contribution in [0.4, 0.5) is 0 Å². The lowest BCUT2D eigenvalue weighted by atomic mass is 9.89. The van der Waals surface area contributed by atoms with E-state index in [2.05, 4.69) is 222 Å². The average molecular weight is 955 g/mol. The zero-order valence-electron chi connectivity index (χ0n) is 49.4. The predicted octanol–water partition coefficient (Wildman–Crippen LogP) is 11.0. The van der Waals surface area contributed by atoms with Gasteiger partial charge in [0.15, 0.2) is 0 Å². The predicted molar refractivity (Wildman–Crippen MR) is 302 cm³/mol. The first-order chi connectivity index (χ1) is 31.8. The summed E-state index contributed by atoms with van der Waals surface area (Å²) in [6, 6.07) is 18.6. The molecule has 0 amide bonds. The Morgan fingerprint density at radius 3 is 1.43 bits per heavy atom. The van der Waals surface area contributed by atoms with Gasteiger partial charge in [-0.25, -0.2) is 0 Å². The number of hydrogen-bond acceptors (Lipinski definition) is 9. The topological polar surface area (TPSA) is 55.5 Å². The van der Waals surface area contributed by atoms with Crippen LogP contribution in [0.15, 0.2) is 24.3 Å². The lowest BCUT2D eigenvalue weighted by Gasteiger charge is -2.45. The van der Waals surface area contributed by atoms with Crippen molar-refractivity contribution in [1.82, 2.24) is 45.3 Å². The summed E-state index contributed by atoms with van der Waals surface area (Å²) in [6.07, 6.45) is 9.59. The molecule has 6 heterocycles. The van der Waals surface area contributed by atoms with E-state index in [9.17, 15) is 0 Å². The van der Waals surface area contributed by atoms with Crippen molar-refractivity contribution in [2.75, 3.05) is 52.4 Å². The monoisotopic (exact) mass is 954 g/mol. The zero-order chi connectivity index (χ0) is 51.5. The highest BCUT2D eigenvalue weighted by atomic mass is 15.3. The van der Waals surface area contributed by atoms with E-state index in [0.717, 1.165) is 44.3 Å². The molecule has 3 N–H and O–H groups in total. The Balaban J connectivity index is 0.000000280. The zero-order valence-corrected chi connectivity index (χ0v) is 49.4. The van der Waals surface area contributed by atoms with Gasteiger partial charge in [0, 0.05) is 142 Å². The molecular weight excluding hydrogens is 835 g/mol. The summed E-state index contributed by atoms with van der Waals surface area (Å²) in [5.74, 6) is 0. The van der Waals surface area contributed by atoms with E-state index in [-0.39, 0.29) is 0 Å². The first-order valence-electron chi connectivity index (χ1n) is 28.6. The Labute approximate surface area is 425 Å². The molecule has 8 atom stereocenters. The van der Waals surface area contributed by atoms with Crippen molar-refractivity contribution < 1.29 is 0 Å². The third-order valence-corrected chi connectivity index (χ3v) is 15.9. The quantitative estimate of drug-likeness (QED) is 0.259. The van der Waals surface area contributed by atoms with E-state index < -0.39 is 0 Å². The summed E-state index contributed by atoms with van der Waals surface area (Å²) in [5.41, 5.74) is 3.51. The van der Waals surface area contributed by atoms with Gasteiger partial charge in [0.25, 0.3) is 0 Å². The average Bonchev–Trinajstić information content (AvgIpc) is 3.24. The summed E-state index contributed by atoms with van der Waals surface area (Å²) in [5, 5.41) is 10.4. The smallest absolute Gasteiger partial charge is 0.0239 e. The number of hydrogen-bond donors (Lipinski definition) is 3. The summed E-state index contributed by atoms with van der Waals surface area (Å²) in [7, 11) is 0. The molecule has 0 bridgehead atoms. The SMILES string of the molecule is CC(C)N1C(C)CCCC1C.CC(C)N1C(C)CNCC1C.CC(C)N1CCCCC1(C)C.CC(C)N1CCc2ccccc2C1.CC1CN(C(C)C)C(C)CN1.CC1CN(C(C)C)CC(C)N1. The van der Waals surface area contributed by atoms with Gasteiger partial charge in [-0.3, -0.25) is 29.4 Å². The summed E-state index contributed by atoms with van der Waals surface area (Å²) >= 11 is 0. The molecule has 1 aromatic rings. The fourth-order valence-corrected chi connectivity index (χ4v) is 12.4. The van der Waals surface area contributed by atoms with Crippen molar-refractivity contribution in [2.45, 2.75) is 294 Å². The highest BCUT2D eigenvalue weighted by Gasteiger charge is 2.31. The van der Waals surface area contributed by atoms with Crippen molar-refractivity contribution >= 4 is 0 Å². The largest absolute Gasteiger partial charge is 0.314 e. The van der Waals surface area contributed by atoms with Gasteiger partial charge in [-0.05, 0) is 202 Å². The van der Waals surface area contributed by atoms with Crippen LogP contribution >= 0.6 is 0 Å². The van der Waals surface area contributed by atoms with Crippen LogP contribution in [0.25, 0.3) is 0 Å². The van der Waals surface area contributed by atoms with Gasteiger partial charge in [0.1, 0.15) is 0 Å². The van der Waals surface area contributed by atoms with Crippen LogP contribution in [0.3, 0.4) is 0 Å². The fraction of sp³-hybridized carbons (Fsp3) is 0.898. The number of nitrogens with one attached hydrogen (secondary N) is 3. The van der Waals surface area contributed by atoms with E-state index in [0.29, 0.717) is 72.0 Å². The molecule has 7 rings (SSSR count). The minimum absolute atomic E-state index is 0.451. The van der Waals surface area contributed by atoms with Gasteiger partial charge in [-0.2, -0.15) is 0 Å². The minimum Gasteiger partial charge on any atom is -0.314 e. The van der Waals surface area contributed by atoms with Crippen LogP contribution in [0, 0.1) is 0 Å². The number of piperazine rings is 3. The van der Waals surface area contributed by atoms with E-state index in [4.69, 9.17) is 0 Å². The number of likely N-dealkylation sites (tertiary alicyclic amines) is 2. The number of fused-ring (bicyclic) bond motifs is 1. The summed E-state index contributed by atoms with van der Waals surface area (Å²) < 4.78 is 0. The maximum absolute atomic E-state index is 3.52. The molecule has 68 heavy (non-hydrogen) atoms. The number of rotatable bonds is 6. The second-order valence-electron chi connectivity index (χ2n) is 24.7. The third kappa shape index (κ3) is 21.9. The van der Waals surface area contributed by atoms with Crippen LogP contribution in [-0.4, -0.2) is 172 Å². The maximum atomic E-state index is 3.52. The minimum atomic E-state index is 0.451. The molecule has 5 fully saturated rings. The second kappa shape index (κ2) is 31.4. The summed E-state index contributed by atoms with van der Waals surface area (Å²) in [4.78, 5) is 15.5. The Bertz CT molecular complexity index is 1380. The lowest BCUT2D eigenvalue weighted by molar-refractivity contribution is 0.0470. The van der Waals surface area contributed by atoms with Crippen molar-refractivity contribution in [3.05, 3.63) is 35.4 Å². The Hall–Kier alpha value is -1.14. The Morgan fingerprint density at radius 1 is 0.500 bits per heavy atom. The van der Waals surface area contributed by atoms with Crippen molar-refractivity contribution in [3.8, 4) is 0 Å². The first-order valence-corrected chi connectivity index (χ1v) is 28.6. The molecule has 8 unspecified atom stereocenters. The van der Waals surface area contributed by atoms with Crippen molar-refractivity contribution in [2.24, 2.45) is 0 Å². The highest BCUT2D eigenvalue weighted by Crippen LogP contribution is 2.29. The van der Waals surface area contributed by atoms with Gasteiger partial charge in [-0.1, -0.05) is 37.1 Å². The van der Waals surface area contributed by atoms with Crippen LogP contribution in [-0.2, 0) is 13.0 Å². The number of nitrogens with zero attached hydrogens (tertiary/aromatic N) is 6.